The molecule has 0 fully saturated rings. The third-order valence-corrected chi connectivity index (χ3v) is 3.21. The zero-order valence-corrected chi connectivity index (χ0v) is 14.4. The predicted octanol–water partition coefficient (Wildman–Crippen LogP) is 3.48. The molecule has 0 amide bonds. The average molecular weight is 311 g/mol. The van der Waals surface area contributed by atoms with Gasteiger partial charge in [0.2, 0.25) is 0 Å². The Hall–Kier alpha value is -1.30. The molecule has 1 aromatic carbocycles. The molecule has 0 aliphatic carbocycles. The Bertz CT molecular complexity index is 425. The van der Waals surface area contributed by atoms with Crippen molar-refractivity contribution in [3.63, 3.8) is 0 Å². The quantitative estimate of drug-likeness (QED) is 0.585. The maximum absolute atomic E-state index is 5.59. The van der Waals surface area contributed by atoms with Crippen molar-refractivity contribution in [1.82, 2.24) is 5.23 Å². The van der Waals surface area contributed by atoms with Crippen LogP contribution in [0.15, 0.2) is 18.2 Å². The van der Waals surface area contributed by atoms with Gasteiger partial charge in [-0.25, -0.2) is 0 Å². The largest absolute Gasteiger partial charge is 0.493 e. The molecule has 1 aromatic rings. The number of benzene rings is 1. The summed E-state index contributed by atoms with van der Waals surface area (Å²) in [7, 11) is 3.30. The number of methoxy groups -OCH3 is 2. The van der Waals surface area contributed by atoms with E-state index in [1.807, 2.05) is 19.1 Å². The Balaban J connectivity index is 2.60. The first kappa shape index (κ1) is 18.7. The van der Waals surface area contributed by atoms with Gasteiger partial charge in [-0.15, -0.1) is 0 Å². The molecule has 0 aliphatic rings. The number of rotatable bonds is 11. The molecule has 0 radical (unpaired) electrons. The van der Waals surface area contributed by atoms with Crippen molar-refractivity contribution in [2.24, 2.45) is 5.92 Å². The second-order valence-electron chi connectivity index (χ2n) is 5.26. The lowest BCUT2D eigenvalue weighted by atomic mass is 10.0. The van der Waals surface area contributed by atoms with Gasteiger partial charge in [0.25, 0.3) is 0 Å². The lowest BCUT2D eigenvalue weighted by molar-refractivity contribution is -0.370. The Kier molecular flexibility index (Phi) is 8.89. The van der Waals surface area contributed by atoms with E-state index in [-0.39, 0.29) is 0 Å². The van der Waals surface area contributed by atoms with E-state index in [4.69, 9.17) is 19.1 Å². The normalized spacial score (nSPS) is 12.5. The summed E-state index contributed by atoms with van der Waals surface area (Å²) < 4.78 is 10.6. The highest BCUT2D eigenvalue weighted by Crippen LogP contribution is 2.28. The minimum Gasteiger partial charge on any atom is -0.493 e. The van der Waals surface area contributed by atoms with E-state index in [0.29, 0.717) is 19.1 Å². The van der Waals surface area contributed by atoms with Gasteiger partial charge in [-0.2, -0.15) is 0 Å². The van der Waals surface area contributed by atoms with Crippen molar-refractivity contribution >= 4 is 0 Å². The zero-order chi connectivity index (χ0) is 16.4. The van der Waals surface area contributed by atoms with E-state index in [1.54, 1.807) is 19.4 Å². The first-order valence-corrected chi connectivity index (χ1v) is 7.88. The van der Waals surface area contributed by atoms with Gasteiger partial charge < -0.3 is 9.47 Å². The molecular formula is C17H29NO4. The molecule has 22 heavy (non-hydrogen) atoms. The summed E-state index contributed by atoms with van der Waals surface area (Å²) in [5.41, 5.74) is 1.21. The summed E-state index contributed by atoms with van der Waals surface area (Å²) in [5.74, 6) is 1.90. The predicted molar refractivity (Wildman–Crippen MR) is 87.0 cm³/mol. The summed E-state index contributed by atoms with van der Waals surface area (Å²) >= 11 is 0. The first-order valence-electron chi connectivity index (χ1n) is 7.88. The molecule has 1 rings (SSSR count). The minimum atomic E-state index is 0.390. The monoisotopic (exact) mass is 311 g/mol. The van der Waals surface area contributed by atoms with Crippen LogP contribution in [0.5, 0.6) is 11.5 Å². The van der Waals surface area contributed by atoms with Gasteiger partial charge in [-0.3, -0.25) is 9.68 Å². The van der Waals surface area contributed by atoms with E-state index >= 15 is 0 Å². The maximum atomic E-state index is 5.59. The highest BCUT2D eigenvalue weighted by atomic mass is 16.9. The lowest BCUT2D eigenvalue weighted by Crippen LogP contribution is -2.30. The molecule has 126 valence electrons. The van der Waals surface area contributed by atoms with Gasteiger partial charge in [-0.1, -0.05) is 25.1 Å². The molecule has 0 N–H and O–H groups in total. The highest BCUT2D eigenvalue weighted by molar-refractivity contribution is 5.42. The second-order valence-corrected chi connectivity index (χ2v) is 5.26. The van der Waals surface area contributed by atoms with Crippen LogP contribution in [0.25, 0.3) is 0 Å². The standard InChI is InChI=1S/C17H29NO4/c1-6-10-22-18(21-7-2)13-14(3)11-15-8-9-16(19-4)17(12-15)20-5/h8-9,12,14H,6-7,10-11,13H2,1-5H3. The van der Waals surface area contributed by atoms with Crippen LogP contribution >= 0.6 is 0 Å². The zero-order valence-electron chi connectivity index (χ0n) is 14.4. The number of hydrogen-bond acceptors (Lipinski definition) is 5. The van der Waals surface area contributed by atoms with Gasteiger partial charge in [-0.05, 0) is 43.4 Å². The fraction of sp³-hybridized carbons (Fsp3) is 0.647. The molecule has 5 heteroatoms. The van der Waals surface area contributed by atoms with Crippen LogP contribution in [0.3, 0.4) is 0 Å². The topological polar surface area (TPSA) is 40.2 Å². The number of hydroxylamine groups is 2. The van der Waals surface area contributed by atoms with Crippen LogP contribution in [-0.2, 0) is 16.1 Å². The van der Waals surface area contributed by atoms with Crippen LogP contribution in [-0.4, -0.2) is 39.2 Å². The molecule has 0 aliphatic heterocycles. The van der Waals surface area contributed by atoms with Crippen molar-refractivity contribution in [2.45, 2.75) is 33.6 Å². The summed E-state index contributed by atoms with van der Waals surface area (Å²) in [5, 5.41) is 1.61. The van der Waals surface area contributed by atoms with E-state index in [0.717, 1.165) is 30.9 Å². The maximum Gasteiger partial charge on any atom is 0.160 e. The fourth-order valence-electron chi connectivity index (χ4n) is 2.21. The Morgan fingerprint density at radius 2 is 1.77 bits per heavy atom. The number of ether oxygens (including phenoxy) is 2. The van der Waals surface area contributed by atoms with Gasteiger partial charge in [0, 0.05) is 0 Å². The van der Waals surface area contributed by atoms with Crippen molar-refractivity contribution in [2.75, 3.05) is 34.0 Å². The summed E-state index contributed by atoms with van der Waals surface area (Å²) in [6, 6.07) is 6.03. The summed E-state index contributed by atoms with van der Waals surface area (Å²) in [4.78, 5) is 11.1. The molecule has 0 spiro atoms. The van der Waals surface area contributed by atoms with E-state index in [9.17, 15) is 0 Å². The van der Waals surface area contributed by atoms with Crippen molar-refractivity contribution < 1.29 is 19.1 Å². The molecule has 0 heterocycles. The molecular weight excluding hydrogens is 282 g/mol. The Labute approximate surface area is 134 Å². The van der Waals surface area contributed by atoms with Crippen LogP contribution in [0.1, 0.15) is 32.8 Å². The number of hydrogen-bond donors (Lipinski definition) is 0. The SMILES string of the molecule is CCCON(CC(C)Cc1ccc(OC)c(OC)c1)OCC. The first-order chi connectivity index (χ1) is 10.6. The third-order valence-electron chi connectivity index (χ3n) is 3.21. The molecule has 5 nitrogen and oxygen atoms in total. The smallest absolute Gasteiger partial charge is 0.160 e. The van der Waals surface area contributed by atoms with E-state index in [1.165, 1.54) is 5.56 Å². The summed E-state index contributed by atoms with van der Waals surface area (Å²) in [6.07, 6.45) is 1.88. The van der Waals surface area contributed by atoms with Crippen molar-refractivity contribution in [1.29, 1.82) is 0 Å². The Morgan fingerprint density at radius 1 is 1.05 bits per heavy atom. The van der Waals surface area contributed by atoms with Crippen molar-refractivity contribution in [3.05, 3.63) is 23.8 Å². The van der Waals surface area contributed by atoms with Crippen LogP contribution in [0.2, 0.25) is 0 Å². The van der Waals surface area contributed by atoms with Gasteiger partial charge in [0.05, 0.1) is 34.0 Å². The average Bonchev–Trinajstić information content (AvgIpc) is 2.52. The third kappa shape index (κ3) is 6.22. The molecule has 1 atom stereocenters. The van der Waals surface area contributed by atoms with Gasteiger partial charge >= 0.3 is 0 Å². The van der Waals surface area contributed by atoms with E-state index in [2.05, 4.69) is 19.9 Å². The Morgan fingerprint density at radius 3 is 2.36 bits per heavy atom. The molecule has 0 saturated carbocycles. The molecule has 0 aromatic heterocycles. The van der Waals surface area contributed by atoms with Crippen LogP contribution in [0.4, 0.5) is 0 Å². The van der Waals surface area contributed by atoms with Gasteiger partial charge in [0.15, 0.2) is 11.5 Å². The van der Waals surface area contributed by atoms with E-state index < -0.39 is 0 Å². The second kappa shape index (κ2) is 10.4. The van der Waals surface area contributed by atoms with Crippen LogP contribution in [0, 0.1) is 5.92 Å². The fourth-order valence-corrected chi connectivity index (χ4v) is 2.21. The minimum absolute atomic E-state index is 0.390. The van der Waals surface area contributed by atoms with Crippen molar-refractivity contribution in [3.8, 4) is 11.5 Å². The molecule has 0 saturated heterocycles. The highest BCUT2D eigenvalue weighted by Gasteiger charge is 2.13. The van der Waals surface area contributed by atoms with Gasteiger partial charge in [0.1, 0.15) is 0 Å². The lowest BCUT2D eigenvalue weighted by Gasteiger charge is -2.23. The number of nitrogens with zero attached hydrogens (tertiary/aromatic N) is 1. The molecule has 1 unspecified atom stereocenters. The summed E-state index contributed by atoms with van der Waals surface area (Å²) in [6.45, 7) is 8.22. The van der Waals surface area contributed by atoms with Crippen LogP contribution < -0.4 is 9.47 Å². The molecule has 0 bridgehead atoms.